The third kappa shape index (κ3) is 3.45. The van der Waals surface area contributed by atoms with Crippen LogP contribution in [0.15, 0.2) is 34.9 Å². The predicted molar refractivity (Wildman–Crippen MR) is 83.6 cm³/mol. The van der Waals surface area contributed by atoms with Crippen LogP contribution in [0, 0.1) is 0 Å². The molecule has 4 heteroatoms. The van der Waals surface area contributed by atoms with Gasteiger partial charge in [-0.15, -0.1) is 0 Å². The van der Waals surface area contributed by atoms with Gasteiger partial charge >= 0.3 is 0 Å². The van der Waals surface area contributed by atoms with Gasteiger partial charge in [-0.1, -0.05) is 28.1 Å². The van der Waals surface area contributed by atoms with Crippen LogP contribution in [0.1, 0.15) is 20.8 Å². The first-order chi connectivity index (χ1) is 9.03. The van der Waals surface area contributed by atoms with E-state index in [0.717, 1.165) is 27.6 Å². The van der Waals surface area contributed by atoms with Crippen LogP contribution in [0.2, 0.25) is 0 Å². The van der Waals surface area contributed by atoms with Gasteiger partial charge in [-0.2, -0.15) is 0 Å². The highest BCUT2D eigenvalue weighted by atomic mass is 79.9. The molecule has 0 saturated carbocycles. The molecule has 1 aromatic carbocycles. The molecule has 0 aliphatic carbocycles. The highest BCUT2D eigenvalue weighted by Gasteiger charge is 2.17. The van der Waals surface area contributed by atoms with E-state index in [1.54, 1.807) is 0 Å². The van der Waals surface area contributed by atoms with Crippen LogP contribution in [-0.4, -0.2) is 23.7 Å². The fraction of sp³-hybridized carbons (Fsp3) is 0.400. The van der Waals surface area contributed by atoms with Gasteiger partial charge in [0.1, 0.15) is 5.82 Å². The van der Waals surface area contributed by atoms with Crippen LogP contribution < -0.4 is 5.32 Å². The molecule has 102 valence electrons. The number of anilines is 1. The summed E-state index contributed by atoms with van der Waals surface area (Å²) in [4.78, 5) is 4.42. The minimum atomic E-state index is -0.204. The Kier molecular flexibility index (Phi) is 4.42. The smallest absolute Gasteiger partial charge is 0.133 e. The number of pyridine rings is 1. The molecule has 0 bridgehead atoms. The van der Waals surface area contributed by atoms with Crippen molar-refractivity contribution in [3.63, 3.8) is 0 Å². The number of hydrogen-bond acceptors (Lipinski definition) is 3. The fourth-order valence-electron chi connectivity index (χ4n) is 2.05. The number of halogens is 1. The lowest BCUT2D eigenvalue weighted by Gasteiger charge is -2.25. The van der Waals surface area contributed by atoms with Gasteiger partial charge in [0.05, 0.1) is 5.60 Å². The number of ether oxygens (including phenoxy) is 1. The lowest BCUT2D eigenvalue weighted by molar-refractivity contribution is 0.000664. The number of rotatable bonds is 5. The van der Waals surface area contributed by atoms with E-state index >= 15 is 0 Å². The molecule has 0 atom stereocenters. The van der Waals surface area contributed by atoms with Crippen LogP contribution in [0.3, 0.4) is 0 Å². The van der Waals surface area contributed by atoms with E-state index in [1.807, 2.05) is 31.3 Å². The van der Waals surface area contributed by atoms with Crippen LogP contribution in [0.5, 0.6) is 0 Å². The molecule has 0 aliphatic rings. The van der Waals surface area contributed by atoms with Gasteiger partial charge in [0.25, 0.3) is 0 Å². The molecule has 1 heterocycles. The number of nitrogens with zero attached hydrogens (tertiary/aromatic N) is 1. The van der Waals surface area contributed by atoms with Gasteiger partial charge in [-0.3, -0.25) is 0 Å². The average Bonchev–Trinajstić information content (AvgIpc) is 2.37. The Labute approximate surface area is 122 Å². The van der Waals surface area contributed by atoms with Gasteiger partial charge in [-0.25, -0.2) is 4.98 Å². The van der Waals surface area contributed by atoms with Crippen LogP contribution in [0.25, 0.3) is 10.8 Å². The zero-order chi connectivity index (χ0) is 13.9. The van der Waals surface area contributed by atoms with Gasteiger partial charge in [0.15, 0.2) is 0 Å². The lowest BCUT2D eigenvalue weighted by atomic mass is 10.1. The third-order valence-electron chi connectivity index (χ3n) is 2.97. The Bertz CT molecular complexity index is 569. The lowest BCUT2D eigenvalue weighted by Crippen LogP contribution is -2.33. The maximum atomic E-state index is 5.69. The summed E-state index contributed by atoms with van der Waals surface area (Å²) >= 11 is 3.57. The summed E-state index contributed by atoms with van der Waals surface area (Å²) in [6, 6.07) is 8.14. The van der Waals surface area contributed by atoms with Gasteiger partial charge in [0.2, 0.25) is 0 Å². The summed E-state index contributed by atoms with van der Waals surface area (Å²) in [5.74, 6) is 0.895. The zero-order valence-corrected chi connectivity index (χ0v) is 13.1. The Balaban J connectivity index is 2.24. The molecular weight excluding hydrogens is 304 g/mol. The van der Waals surface area contributed by atoms with Gasteiger partial charge < -0.3 is 10.1 Å². The molecule has 0 spiro atoms. The highest BCUT2D eigenvalue weighted by Crippen LogP contribution is 2.27. The number of hydrogen-bond donors (Lipinski definition) is 1. The topological polar surface area (TPSA) is 34.1 Å². The first-order valence-corrected chi connectivity index (χ1v) is 7.24. The van der Waals surface area contributed by atoms with E-state index in [4.69, 9.17) is 4.74 Å². The summed E-state index contributed by atoms with van der Waals surface area (Å²) in [5, 5.41) is 5.66. The number of nitrogens with one attached hydrogen (secondary N) is 1. The maximum absolute atomic E-state index is 5.69. The quantitative estimate of drug-likeness (QED) is 0.894. The summed E-state index contributed by atoms with van der Waals surface area (Å²) in [5.41, 5.74) is -0.204. The van der Waals surface area contributed by atoms with Crippen molar-refractivity contribution in [1.82, 2.24) is 4.98 Å². The average molecular weight is 323 g/mol. The van der Waals surface area contributed by atoms with Crippen molar-refractivity contribution < 1.29 is 4.74 Å². The molecule has 1 aromatic heterocycles. The molecule has 2 aromatic rings. The summed E-state index contributed by atoms with van der Waals surface area (Å²) in [6.07, 6.45) is 1.82. The fourth-order valence-corrected chi connectivity index (χ4v) is 2.55. The minimum Gasteiger partial charge on any atom is -0.374 e. The van der Waals surface area contributed by atoms with Crippen molar-refractivity contribution in [3.8, 4) is 0 Å². The van der Waals surface area contributed by atoms with Crippen molar-refractivity contribution in [2.45, 2.75) is 26.4 Å². The minimum absolute atomic E-state index is 0.204. The van der Waals surface area contributed by atoms with E-state index in [-0.39, 0.29) is 5.60 Å². The second kappa shape index (κ2) is 5.88. The first kappa shape index (κ1) is 14.3. The van der Waals surface area contributed by atoms with Crippen LogP contribution in [-0.2, 0) is 4.74 Å². The van der Waals surface area contributed by atoms with Gasteiger partial charge in [0, 0.05) is 34.6 Å². The van der Waals surface area contributed by atoms with Gasteiger partial charge in [-0.05, 0) is 32.9 Å². The summed E-state index contributed by atoms with van der Waals surface area (Å²) in [7, 11) is 0. The van der Waals surface area contributed by atoms with Crippen molar-refractivity contribution in [2.75, 3.05) is 18.5 Å². The molecule has 0 fully saturated rings. The normalized spacial score (nSPS) is 11.8. The maximum Gasteiger partial charge on any atom is 0.133 e. The largest absolute Gasteiger partial charge is 0.374 e. The zero-order valence-electron chi connectivity index (χ0n) is 11.5. The number of fused-ring (bicyclic) bond motifs is 1. The van der Waals surface area contributed by atoms with Crippen molar-refractivity contribution >= 4 is 32.5 Å². The second-order valence-corrected chi connectivity index (χ2v) is 5.90. The summed E-state index contributed by atoms with van der Waals surface area (Å²) in [6.45, 7) is 7.59. The monoisotopic (exact) mass is 322 g/mol. The Morgan fingerprint density at radius 2 is 2.05 bits per heavy atom. The standard InChI is InChI=1S/C15H19BrN2O/c1-4-19-15(2,3)10-18-14-12-6-5-7-13(16)11(12)8-9-17-14/h5-9H,4,10H2,1-3H3,(H,17,18). The molecule has 0 saturated heterocycles. The van der Waals surface area contributed by atoms with E-state index in [2.05, 4.69) is 46.1 Å². The molecule has 0 unspecified atom stereocenters. The van der Waals surface area contributed by atoms with E-state index < -0.39 is 0 Å². The Morgan fingerprint density at radius 3 is 2.79 bits per heavy atom. The molecular formula is C15H19BrN2O. The van der Waals surface area contributed by atoms with Crippen molar-refractivity contribution in [3.05, 3.63) is 34.9 Å². The van der Waals surface area contributed by atoms with Crippen molar-refractivity contribution in [2.24, 2.45) is 0 Å². The molecule has 1 N–H and O–H groups in total. The van der Waals surface area contributed by atoms with E-state index in [1.165, 1.54) is 0 Å². The molecule has 19 heavy (non-hydrogen) atoms. The molecule has 0 aliphatic heterocycles. The summed E-state index contributed by atoms with van der Waals surface area (Å²) < 4.78 is 6.77. The van der Waals surface area contributed by atoms with Crippen LogP contribution in [0.4, 0.5) is 5.82 Å². The number of aromatic nitrogens is 1. The third-order valence-corrected chi connectivity index (χ3v) is 3.66. The van der Waals surface area contributed by atoms with Crippen molar-refractivity contribution in [1.29, 1.82) is 0 Å². The predicted octanol–water partition coefficient (Wildman–Crippen LogP) is 4.22. The Hall–Kier alpha value is -1.13. The molecule has 0 radical (unpaired) electrons. The second-order valence-electron chi connectivity index (χ2n) is 5.04. The van der Waals surface area contributed by atoms with E-state index in [9.17, 15) is 0 Å². The first-order valence-electron chi connectivity index (χ1n) is 6.44. The highest BCUT2D eigenvalue weighted by molar-refractivity contribution is 9.10. The van der Waals surface area contributed by atoms with E-state index in [0.29, 0.717) is 6.61 Å². The Morgan fingerprint density at radius 1 is 1.26 bits per heavy atom. The molecule has 3 nitrogen and oxygen atoms in total. The number of benzene rings is 1. The SMILES string of the molecule is CCOC(C)(C)CNc1nccc2c(Br)cccc12. The molecule has 0 amide bonds. The van der Waals surface area contributed by atoms with Crippen LogP contribution >= 0.6 is 15.9 Å². The molecule has 2 rings (SSSR count).